The number of nitrogens with two attached hydrogens (primary N) is 1. The molecule has 0 unspecified atom stereocenters. The zero-order chi connectivity index (χ0) is 8.10. The fourth-order valence-corrected chi connectivity index (χ4v) is 0.734. The van der Waals surface area contributed by atoms with Crippen molar-refractivity contribution in [3.05, 3.63) is 24.3 Å². The van der Waals surface area contributed by atoms with Crippen LogP contribution < -0.4 is 10.5 Å². The Morgan fingerprint density at radius 3 is 2.73 bits per heavy atom. The predicted octanol–water partition coefficient (Wildman–Crippen LogP) is 1.25. The summed E-state index contributed by atoms with van der Waals surface area (Å²) in [6, 6.07) is 7.30. The van der Waals surface area contributed by atoms with E-state index in [1.54, 1.807) is 19.2 Å². The summed E-state index contributed by atoms with van der Waals surface area (Å²) >= 11 is 0. The molecule has 3 heteroatoms. The summed E-state index contributed by atoms with van der Waals surface area (Å²) < 4.78 is 9.86. The van der Waals surface area contributed by atoms with Crippen molar-refractivity contribution in [2.75, 3.05) is 19.6 Å². The SMILES string of the molecule is COCOc1ccccc1N. The van der Waals surface area contributed by atoms with Crippen LogP contribution in [0, 0.1) is 0 Å². The van der Waals surface area contributed by atoms with E-state index in [0.717, 1.165) is 0 Å². The first-order chi connectivity index (χ1) is 5.34. The summed E-state index contributed by atoms with van der Waals surface area (Å²) in [6.07, 6.45) is 0. The van der Waals surface area contributed by atoms with E-state index >= 15 is 0 Å². The highest BCUT2D eigenvalue weighted by Crippen LogP contribution is 2.19. The molecule has 11 heavy (non-hydrogen) atoms. The zero-order valence-corrected chi connectivity index (χ0v) is 6.41. The van der Waals surface area contributed by atoms with E-state index in [4.69, 9.17) is 15.2 Å². The van der Waals surface area contributed by atoms with Crippen LogP contribution in [0.4, 0.5) is 5.69 Å². The average Bonchev–Trinajstić information content (AvgIpc) is 2.03. The van der Waals surface area contributed by atoms with Gasteiger partial charge in [0.1, 0.15) is 5.75 Å². The summed E-state index contributed by atoms with van der Waals surface area (Å²) in [7, 11) is 1.57. The number of benzene rings is 1. The molecule has 0 fully saturated rings. The molecule has 2 N–H and O–H groups in total. The number of anilines is 1. The van der Waals surface area contributed by atoms with Gasteiger partial charge in [-0.05, 0) is 12.1 Å². The van der Waals surface area contributed by atoms with Gasteiger partial charge in [0.25, 0.3) is 0 Å². The quantitative estimate of drug-likeness (QED) is 0.525. The van der Waals surface area contributed by atoms with Crippen LogP contribution in [0.15, 0.2) is 24.3 Å². The van der Waals surface area contributed by atoms with Crippen molar-refractivity contribution in [3.63, 3.8) is 0 Å². The molecule has 0 aliphatic rings. The van der Waals surface area contributed by atoms with Gasteiger partial charge in [-0.15, -0.1) is 0 Å². The first-order valence-corrected chi connectivity index (χ1v) is 3.31. The lowest BCUT2D eigenvalue weighted by molar-refractivity contribution is 0.0517. The van der Waals surface area contributed by atoms with Gasteiger partial charge in [-0.1, -0.05) is 12.1 Å². The molecular formula is C8H11NO2. The first-order valence-electron chi connectivity index (χ1n) is 3.31. The van der Waals surface area contributed by atoms with Crippen LogP contribution in [-0.2, 0) is 4.74 Å². The summed E-state index contributed by atoms with van der Waals surface area (Å²) in [5.74, 6) is 0.661. The first kappa shape index (κ1) is 7.88. The smallest absolute Gasteiger partial charge is 0.188 e. The lowest BCUT2D eigenvalue weighted by atomic mass is 10.3. The van der Waals surface area contributed by atoms with Crippen LogP contribution in [-0.4, -0.2) is 13.9 Å². The Kier molecular flexibility index (Phi) is 2.74. The number of hydrogen-bond acceptors (Lipinski definition) is 3. The van der Waals surface area contributed by atoms with E-state index in [1.807, 2.05) is 12.1 Å². The Labute approximate surface area is 65.7 Å². The monoisotopic (exact) mass is 153 g/mol. The van der Waals surface area contributed by atoms with Gasteiger partial charge in [0.05, 0.1) is 5.69 Å². The molecule has 60 valence electrons. The lowest BCUT2D eigenvalue weighted by Crippen LogP contribution is -2.01. The second kappa shape index (κ2) is 3.83. The molecule has 1 aromatic carbocycles. The van der Waals surface area contributed by atoms with E-state index in [0.29, 0.717) is 11.4 Å². The van der Waals surface area contributed by atoms with Crippen LogP contribution in [0.2, 0.25) is 0 Å². The van der Waals surface area contributed by atoms with Gasteiger partial charge in [-0.25, -0.2) is 0 Å². The van der Waals surface area contributed by atoms with Crippen molar-refractivity contribution in [2.45, 2.75) is 0 Å². The summed E-state index contributed by atoms with van der Waals surface area (Å²) in [5.41, 5.74) is 6.21. The van der Waals surface area contributed by atoms with Gasteiger partial charge in [0.15, 0.2) is 6.79 Å². The van der Waals surface area contributed by atoms with Crippen molar-refractivity contribution in [1.29, 1.82) is 0 Å². The normalized spacial score (nSPS) is 9.55. The van der Waals surface area contributed by atoms with Gasteiger partial charge in [0, 0.05) is 7.11 Å². The molecule has 3 nitrogen and oxygen atoms in total. The van der Waals surface area contributed by atoms with Gasteiger partial charge in [-0.2, -0.15) is 0 Å². The van der Waals surface area contributed by atoms with Gasteiger partial charge < -0.3 is 15.2 Å². The van der Waals surface area contributed by atoms with Crippen LogP contribution in [0.5, 0.6) is 5.75 Å². The minimum atomic E-state index is 0.230. The fraction of sp³-hybridized carbons (Fsp3) is 0.250. The number of hydrogen-bond donors (Lipinski definition) is 1. The minimum Gasteiger partial charge on any atom is -0.465 e. The number of rotatable bonds is 3. The van der Waals surface area contributed by atoms with E-state index in [9.17, 15) is 0 Å². The molecule has 0 saturated heterocycles. The van der Waals surface area contributed by atoms with Crippen molar-refractivity contribution in [3.8, 4) is 5.75 Å². The van der Waals surface area contributed by atoms with Crippen LogP contribution in [0.3, 0.4) is 0 Å². The Balaban J connectivity index is 2.62. The molecular weight excluding hydrogens is 142 g/mol. The summed E-state index contributed by atoms with van der Waals surface area (Å²) in [5, 5.41) is 0. The maximum absolute atomic E-state index is 5.58. The van der Waals surface area contributed by atoms with Crippen LogP contribution in [0.1, 0.15) is 0 Å². The van der Waals surface area contributed by atoms with Crippen molar-refractivity contribution < 1.29 is 9.47 Å². The highest BCUT2D eigenvalue weighted by molar-refractivity contribution is 5.51. The standard InChI is InChI=1S/C8H11NO2/c1-10-6-11-8-5-3-2-4-7(8)9/h2-5H,6,9H2,1H3. The summed E-state index contributed by atoms with van der Waals surface area (Å²) in [6.45, 7) is 0.230. The minimum absolute atomic E-state index is 0.230. The number of para-hydroxylation sites is 2. The number of nitrogen functional groups attached to an aromatic ring is 1. The highest BCUT2D eigenvalue weighted by atomic mass is 16.7. The molecule has 1 rings (SSSR count). The second-order valence-corrected chi connectivity index (χ2v) is 2.09. The Morgan fingerprint density at radius 1 is 1.36 bits per heavy atom. The molecule has 0 amide bonds. The highest BCUT2D eigenvalue weighted by Gasteiger charge is 1.95. The third-order valence-corrected chi connectivity index (χ3v) is 1.25. The van der Waals surface area contributed by atoms with Gasteiger partial charge in [-0.3, -0.25) is 0 Å². The maximum atomic E-state index is 5.58. The molecule has 0 radical (unpaired) electrons. The molecule has 0 spiro atoms. The average molecular weight is 153 g/mol. The van der Waals surface area contributed by atoms with Crippen molar-refractivity contribution in [2.24, 2.45) is 0 Å². The Hall–Kier alpha value is -1.22. The molecule has 1 aromatic rings. The molecule has 0 aliphatic heterocycles. The van der Waals surface area contributed by atoms with E-state index in [-0.39, 0.29) is 6.79 Å². The third-order valence-electron chi connectivity index (χ3n) is 1.25. The third kappa shape index (κ3) is 2.13. The van der Waals surface area contributed by atoms with Crippen molar-refractivity contribution in [1.82, 2.24) is 0 Å². The number of methoxy groups -OCH3 is 1. The van der Waals surface area contributed by atoms with Crippen LogP contribution in [0.25, 0.3) is 0 Å². The Morgan fingerprint density at radius 2 is 2.09 bits per heavy atom. The van der Waals surface area contributed by atoms with E-state index < -0.39 is 0 Å². The van der Waals surface area contributed by atoms with E-state index in [1.165, 1.54) is 0 Å². The topological polar surface area (TPSA) is 44.5 Å². The second-order valence-electron chi connectivity index (χ2n) is 2.09. The molecule has 0 atom stereocenters. The maximum Gasteiger partial charge on any atom is 0.188 e. The molecule has 0 saturated carbocycles. The number of ether oxygens (including phenoxy) is 2. The van der Waals surface area contributed by atoms with E-state index in [2.05, 4.69) is 0 Å². The van der Waals surface area contributed by atoms with Crippen molar-refractivity contribution >= 4 is 5.69 Å². The van der Waals surface area contributed by atoms with Gasteiger partial charge in [0.2, 0.25) is 0 Å². The zero-order valence-electron chi connectivity index (χ0n) is 6.41. The van der Waals surface area contributed by atoms with Gasteiger partial charge >= 0.3 is 0 Å². The molecule has 0 aromatic heterocycles. The summed E-state index contributed by atoms with van der Waals surface area (Å²) in [4.78, 5) is 0. The molecule has 0 aliphatic carbocycles. The largest absolute Gasteiger partial charge is 0.465 e. The molecule has 0 bridgehead atoms. The Bertz CT molecular complexity index is 225. The molecule has 0 heterocycles. The predicted molar refractivity (Wildman–Crippen MR) is 43.4 cm³/mol. The fourth-order valence-electron chi connectivity index (χ4n) is 0.734. The van der Waals surface area contributed by atoms with Crippen LogP contribution >= 0.6 is 0 Å². The lowest BCUT2D eigenvalue weighted by Gasteiger charge is -2.05.